The van der Waals surface area contributed by atoms with Gasteiger partial charge in [0.25, 0.3) is 5.91 Å². The number of aliphatic hydroxyl groups is 1. The number of amides is 1. The summed E-state index contributed by atoms with van der Waals surface area (Å²) in [5.41, 5.74) is -0.140. The second kappa shape index (κ2) is 8.53. The highest BCUT2D eigenvalue weighted by atomic mass is 35.5. The summed E-state index contributed by atoms with van der Waals surface area (Å²) in [4.78, 5) is 12.9. The first kappa shape index (κ1) is 20.2. The van der Waals surface area contributed by atoms with Gasteiger partial charge >= 0.3 is 0 Å². The second-order valence-electron chi connectivity index (χ2n) is 6.51. The van der Waals surface area contributed by atoms with E-state index in [9.17, 15) is 9.90 Å². The Morgan fingerprint density at radius 2 is 2.04 bits per heavy atom. The van der Waals surface area contributed by atoms with E-state index in [0.29, 0.717) is 35.3 Å². The minimum absolute atomic E-state index is 0.263. The molecule has 0 aliphatic heterocycles. The standard InChI is InChI=1S/C18H24ClN3O4/c1-11(18(2,3)24)21-17(23)14-15(12-5-7-13(19)8-6-12)26-22-16(14)20-9-10-25-4/h5-8,11,24H,9-10H2,1-4H3,(H,20,22)(H,21,23). The molecule has 1 heterocycles. The van der Waals surface area contributed by atoms with Gasteiger partial charge < -0.3 is 25.0 Å². The molecule has 0 aliphatic rings. The van der Waals surface area contributed by atoms with E-state index >= 15 is 0 Å². The number of ether oxygens (including phenoxy) is 1. The average molecular weight is 382 g/mol. The highest BCUT2D eigenvalue weighted by molar-refractivity contribution is 6.30. The zero-order chi connectivity index (χ0) is 19.3. The molecule has 3 N–H and O–H groups in total. The SMILES string of the molecule is COCCNc1noc(-c2ccc(Cl)cc2)c1C(=O)NC(C)C(C)(C)O. The van der Waals surface area contributed by atoms with Gasteiger partial charge in [0.05, 0.1) is 18.2 Å². The minimum Gasteiger partial charge on any atom is -0.388 e. The van der Waals surface area contributed by atoms with Crippen LogP contribution in [0.15, 0.2) is 28.8 Å². The van der Waals surface area contributed by atoms with Crippen LogP contribution in [0.1, 0.15) is 31.1 Å². The van der Waals surface area contributed by atoms with Crippen LogP contribution in [0.25, 0.3) is 11.3 Å². The Bertz CT molecular complexity index is 738. The molecule has 0 radical (unpaired) electrons. The molecule has 0 fully saturated rings. The quantitative estimate of drug-likeness (QED) is 0.608. The van der Waals surface area contributed by atoms with Gasteiger partial charge in [-0.1, -0.05) is 16.8 Å². The van der Waals surface area contributed by atoms with Gasteiger partial charge in [-0.05, 0) is 45.0 Å². The van der Waals surface area contributed by atoms with Gasteiger partial charge in [0.1, 0.15) is 5.56 Å². The number of hydrogen-bond donors (Lipinski definition) is 3. The van der Waals surface area contributed by atoms with Crippen LogP contribution >= 0.6 is 11.6 Å². The fourth-order valence-electron chi connectivity index (χ4n) is 2.14. The second-order valence-corrected chi connectivity index (χ2v) is 6.95. The van der Waals surface area contributed by atoms with Crippen LogP contribution in [-0.2, 0) is 4.74 Å². The summed E-state index contributed by atoms with van der Waals surface area (Å²) >= 11 is 5.93. The van der Waals surface area contributed by atoms with Gasteiger partial charge in [-0.15, -0.1) is 0 Å². The zero-order valence-electron chi connectivity index (χ0n) is 15.3. The molecule has 2 rings (SSSR count). The number of anilines is 1. The molecule has 1 aromatic carbocycles. The van der Waals surface area contributed by atoms with Crippen molar-refractivity contribution in [3.8, 4) is 11.3 Å². The van der Waals surface area contributed by atoms with Crippen LogP contribution in [0.3, 0.4) is 0 Å². The molecular formula is C18H24ClN3O4. The molecule has 2 aromatic rings. The minimum atomic E-state index is -1.07. The van der Waals surface area contributed by atoms with E-state index in [-0.39, 0.29) is 5.56 Å². The lowest BCUT2D eigenvalue weighted by Gasteiger charge is -2.26. The normalized spacial score (nSPS) is 12.7. The maximum atomic E-state index is 12.9. The molecule has 1 atom stereocenters. The van der Waals surface area contributed by atoms with E-state index in [4.69, 9.17) is 20.9 Å². The monoisotopic (exact) mass is 381 g/mol. The summed E-state index contributed by atoms with van der Waals surface area (Å²) in [5, 5.41) is 20.5. The maximum absolute atomic E-state index is 12.9. The maximum Gasteiger partial charge on any atom is 0.259 e. The van der Waals surface area contributed by atoms with E-state index in [0.717, 1.165) is 0 Å². The Morgan fingerprint density at radius 1 is 1.38 bits per heavy atom. The number of halogens is 1. The topological polar surface area (TPSA) is 96.6 Å². The number of hydrogen-bond acceptors (Lipinski definition) is 6. The molecule has 0 bridgehead atoms. The van der Waals surface area contributed by atoms with Crippen LogP contribution in [0.4, 0.5) is 5.82 Å². The predicted octanol–water partition coefficient (Wildman–Crippen LogP) is 2.94. The fourth-order valence-corrected chi connectivity index (χ4v) is 2.26. The average Bonchev–Trinajstić information content (AvgIpc) is 2.99. The molecule has 0 aliphatic carbocycles. The Morgan fingerprint density at radius 3 is 2.62 bits per heavy atom. The lowest BCUT2D eigenvalue weighted by atomic mass is 10.00. The van der Waals surface area contributed by atoms with Crippen molar-refractivity contribution in [2.24, 2.45) is 0 Å². The van der Waals surface area contributed by atoms with Crippen LogP contribution in [-0.4, -0.2) is 48.1 Å². The van der Waals surface area contributed by atoms with E-state index in [1.165, 1.54) is 0 Å². The van der Waals surface area contributed by atoms with Crippen LogP contribution in [0.5, 0.6) is 0 Å². The molecule has 8 heteroatoms. The summed E-state index contributed by atoms with van der Waals surface area (Å²) < 4.78 is 10.4. The molecule has 26 heavy (non-hydrogen) atoms. The Kier molecular flexibility index (Phi) is 6.63. The first-order valence-corrected chi connectivity index (χ1v) is 8.63. The van der Waals surface area contributed by atoms with Crippen LogP contribution in [0, 0.1) is 0 Å². The van der Waals surface area contributed by atoms with Crippen molar-refractivity contribution < 1.29 is 19.2 Å². The van der Waals surface area contributed by atoms with Crippen molar-refractivity contribution in [2.45, 2.75) is 32.4 Å². The number of aromatic nitrogens is 1. The molecule has 1 aromatic heterocycles. The third-order valence-corrected chi connectivity index (χ3v) is 4.28. The Labute approximate surface area is 157 Å². The molecular weight excluding hydrogens is 358 g/mol. The molecule has 7 nitrogen and oxygen atoms in total. The Hall–Kier alpha value is -2.09. The first-order chi connectivity index (χ1) is 12.2. The third-order valence-electron chi connectivity index (χ3n) is 4.03. The fraction of sp³-hybridized carbons (Fsp3) is 0.444. The van der Waals surface area contributed by atoms with E-state index in [2.05, 4.69) is 15.8 Å². The van der Waals surface area contributed by atoms with Gasteiger partial charge in [0.2, 0.25) is 0 Å². The summed E-state index contributed by atoms with van der Waals surface area (Å²) in [6.45, 7) is 5.90. The van der Waals surface area contributed by atoms with Gasteiger partial charge in [-0.2, -0.15) is 0 Å². The summed E-state index contributed by atoms with van der Waals surface area (Å²) in [6, 6.07) is 6.43. The van der Waals surface area contributed by atoms with Crippen molar-refractivity contribution in [3.63, 3.8) is 0 Å². The molecule has 0 spiro atoms. The lowest BCUT2D eigenvalue weighted by Crippen LogP contribution is -2.47. The zero-order valence-corrected chi connectivity index (χ0v) is 16.1. The third kappa shape index (κ3) is 4.97. The molecule has 0 saturated heterocycles. The Balaban J connectivity index is 2.36. The van der Waals surface area contributed by atoms with Crippen molar-refractivity contribution in [1.82, 2.24) is 10.5 Å². The number of rotatable bonds is 8. The van der Waals surface area contributed by atoms with Gasteiger partial charge in [-0.3, -0.25) is 4.79 Å². The van der Waals surface area contributed by atoms with Gasteiger partial charge in [0, 0.05) is 24.2 Å². The summed E-state index contributed by atoms with van der Waals surface area (Å²) in [7, 11) is 1.59. The highest BCUT2D eigenvalue weighted by Gasteiger charge is 2.29. The van der Waals surface area contributed by atoms with Crippen molar-refractivity contribution in [2.75, 3.05) is 25.6 Å². The summed E-state index contributed by atoms with van der Waals surface area (Å²) in [5.74, 6) is 0.236. The van der Waals surface area contributed by atoms with Crippen LogP contribution < -0.4 is 10.6 Å². The number of benzene rings is 1. The van der Waals surface area contributed by atoms with E-state index in [1.807, 2.05) is 0 Å². The largest absolute Gasteiger partial charge is 0.388 e. The number of nitrogens with zero attached hydrogens (tertiary/aromatic N) is 1. The van der Waals surface area contributed by atoms with E-state index < -0.39 is 17.6 Å². The predicted molar refractivity (Wildman–Crippen MR) is 101 cm³/mol. The van der Waals surface area contributed by atoms with Crippen molar-refractivity contribution in [1.29, 1.82) is 0 Å². The number of methoxy groups -OCH3 is 1. The van der Waals surface area contributed by atoms with Crippen molar-refractivity contribution in [3.05, 3.63) is 34.9 Å². The number of nitrogens with one attached hydrogen (secondary N) is 2. The molecule has 142 valence electrons. The lowest BCUT2D eigenvalue weighted by molar-refractivity contribution is 0.0409. The molecule has 0 saturated carbocycles. The van der Waals surface area contributed by atoms with Crippen LogP contribution in [0.2, 0.25) is 5.02 Å². The highest BCUT2D eigenvalue weighted by Crippen LogP contribution is 2.30. The smallest absolute Gasteiger partial charge is 0.259 e. The summed E-state index contributed by atoms with van der Waals surface area (Å²) in [6.07, 6.45) is 0. The first-order valence-electron chi connectivity index (χ1n) is 8.25. The number of carbonyl (C=O) groups is 1. The molecule has 1 amide bonds. The van der Waals surface area contributed by atoms with E-state index in [1.54, 1.807) is 52.1 Å². The molecule has 1 unspecified atom stereocenters. The van der Waals surface area contributed by atoms with Crippen molar-refractivity contribution >= 4 is 23.3 Å². The number of carbonyl (C=O) groups excluding carboxylic acids is 1. The van der Waals surface area contributed by atoms with Gasteiger partial charge in [0.15, 0.2) is 11.6 Å². The van der Waals surface area contributed by atoms with Gasteiger partial charge in [-0.25, -0.2) is 0 Å².